The van der Waals surface area contributed by atoms with Crippen LogP contribution in [-0.2, 0) is 16.9 Å². The molecule has 98 valence electrons. The third kappa shape index (κ3) is 2.41. The molecular weight excluding hydrogens is 248 g/mol. The lowest BCUT2D eigenvalue weighted by Crippen LogP contribution is -2.08. The molecule has 1 heterocycles. The number of rotatable bonds is 5. The summed E-state index contributed by atoms with van der Waals surface area (Å²) in [5, 5.41) is 5.11. The van der Waals surface area contributed by atoms with Gasteiger partial charge in [0.2, 0.25) is 0 Å². The first-order chi connectivity index (χ1) is 8.56. The average molecular weight is 266 g/mol. The van der Waals surface area contributed by atoms with Gasteiger partial charge >= 0.3 is 0 Å². The molecule has 1 aromatic heterocycles. The molecular formula is C13H18N2O2S. The first-order valence-corrected chi connectivity index (χ1v) is 7.86. The minimum absolute atomic E-state index is 0.182. The Morgan fingerprint density at radius 1 is 1.22 bits per heavy atom. The number of aromatic nitrogens is 2. The predicted molar refractivity (Wildman–Crippen MR) is 72.3 cm³/mol. The van der Waals surface area contributed by atoms with Crippen molar-refractivity contribution in [2.45, 2.75) is 31.2 Å². The van der Waals surface area contributed by atoms with Gasteiger partial charge in [0.25, 0.3) is 0 Å². The van der Waals surface area contributed by atoms with Crippen molar-refractivity contribution < 1.29 is 8.42 Å². The molecule has 2 rings (SSSR count). The molecule has 5 heteroatoms. The standard InChI is InChI=1S/C13H18N2O2S/c1-3-4-7-10-18(16,17)13-11-8-5-6-9-12(11)15(2)14-13/h5-6,8-9H,3-4,7,10H2,1-2H3. The van der Waals surface area contributed by atoms with E-state index in [1.54, 1.807) is 11.7 Å². The Balaban J connectivity index is 2.41. The van der Waals surface area contributed by atoms with E-state index in [0.29, 0.717) is 6.42 Å². The molecule has 18 heavy (non-hydrogen) atoms. The van der Waals surface area contributed by atoms with Crippen molar-refractivity contribution in [1.29, 1.82) is 0 Å². The Morgan fingerprint density at radius 3 is 2.67 bits per heavy atom. The molecule has 0 radical (unpaired) electrons. The van der Waals surface area contributed by atoms with Crippen LogP contribution >= 0.6 is 0 Å². The van der Waals surface area contributed by atoms with E-state index in [1.807, 2.05) is 24.3 Å². The maximum absolute atomic E-state index is 12.3. The number of aryl methyl sites for hydroxylation is 1. The summed E-state index contributed by atoms with van der Waals surface area (Å²) in [6.45, 7) is 2.06. The van der Waals surface area contributed by atoms with E-state index in [2.05, 4.69) is 12.0 Å². The van der Waals surface area contributed by atoms with Gasteiger partial charge in [0, 0.05) is 12.4 Å². The molecule has 0 aliphatic carbocycles. The lowest BCUT2D eigenvalue weighted by Gasteiger charge is -2.00. The van der Waals surface area contributed by atoms with Crippen LogP contribution in [0.3, 0.4) is 0 Å². The van der Waals surface area contributed by atoms with Gasteiger partial charge in [-0.3, -0.25) is 4.68 Å². The fourth-order valence-electron chi connectivity index (χ4n) is 2.05. The van der Waals surface area contributed by atoms with Crippen LogP contribution in [0, 0.1) is 0 Å². The topological polar surface area (TPSA) is 52.0 Å². The van der Waals surface area contributed by atoms with Crippen LogP contribution < -0.4 is 0 Å². The van der Waals surface area contributed by atoms with Crippen LogP contribution in [0.2, 0.25) is 0 Å². The van der Waals surface area contributed by atoms with Gasteiger partial charge in [-0.15, -0.1) is 0 Å². The molecule has 2 aromatic rings. The Bertz CT molecular complexity index is 644. The molecule has 0 saturated carbocycles. The summed E-state index contributed by atoms with van der Waals surface area (Å²) in [6, 6.07) is 7.43. The van der Waals surface area contributed by atoms with Crippen LogP contribution in [-0.4, -0.2) is 24.0 Å². The van der Waals surface area contributed by atoms with Crippen LogP contribution in [0.1, 0.15) is 26.2 Å². The van der Waals surface area contributed by atoms with Crippen LogP contribution in [0.25, 0.3) is 10.9 Å². The van der Waals surface area contributed by atoms with Crippen molar-refractivity contribution in [1.82, 2.24) is 9.78 Å². The molecule has 1 aromatic carbocycles. The fraction of sp³-hybridized carbons (Fsp3) is 0.462. The Labute approximate surface area is 108 Å². The highest BCUT2D eigenvalue weighted by atomic mass is 32.2. The quantitative estimate of drug-likeness (QED) is 0.781. The number of unbranched alkanes of at least 4 members (excludes halogenated alkanes) is 2. The van der Waals surface area contributed by atoms with Gasteiger partial charge in [0.15, 0.2) is 14.9 Å². The number of hydrogen-bond acceptors (Lipinski definition) is 3. The van der Waals surface area contributed by atoms with E-state index in [0.717, 1.165) is 23.7 Å². The first kappa shape index (κ1) is 13.1. The fourth-order valence-corrected chi connectivity index (χ4v) is 3.58. The van der Waals surface area contributed by atoms with Gasteiger partial charge in [0.1, 0.15) is 0 Å². The molecule has 4 nitrogen and oxygen atoms in total. The third-order valence-electron chi connectivity index (χ3n) is 3.04. The zero-order valence-electron chi connectivity index (χ0n) is 10.8. The second-order valence-electron chi connectivity index (χ2n) is 4.47. The minimum atomic E-state index is -3.27. The molecule has 0 bridgehead atoms. The van der Waals surface area contributed by atoms with E-state index in [9.17, 15) is 8.42 Å². The summed E-state index contributed by atoms with van der Waals surface area (Å²) in [4.78, 5) is 0. The zero-order valence-corrected chi connectivity index (χ0v) is 11.6. The minimum Gasteiger partial charge on any atom is -0.267 e. The zero-order chi connectivity index (χ0) is 13.2. The molecule has 0 aliphatic heterocycles. The van der Waals surface area contributed by atoms with Gasteiger partial charge in [-0.2, -0.15) is 5.10 Å². The molecule has 0 aliphatic rings. The van der Waals surface area contributed by atoms with E-state index in [1.165, 1.54) is 0 Å². The van der Waals surface area contributed by atoms with E-state index >= 15 is 0 Å². The Morgan fingerprint density at radius 2 is 1.94 bits per heavy atom. The highest BCUT2D eigenvalue weighted by Crippen LogP contribution is 2.23. The summed E-state index contributed by atoms with van der Waals surface area (Å²) < 4.78 is 26.1. The lowest BCUT2D eigenvalue weighted by atomic mass is 10.3. The van der Waals surface area contributed by atoms with Gasteiger partial charge < -0.3 is 0 Å². The number of para-hydroxylation sites is 1. The molecule has 0 fully saturated rings. The maximum Gasteiger partial charge on any atom is 0.198 e. The van der Waals surface area contributed by atoms with E-state index in [4.69, 9.17) is 0 Å². The van der Waals surface area contributed by atoms with Crippen molar-refractivity contribution in [3.05, 3.63) is 24.3 Å². The molecule has 0 N–H and O–H groups in total. The van der Waals surface area contributed by atoms with E-state index < -0.39 is 9.84 Å². The highest BCUT2D eigenvalue weighted by Gasteiger charge is 2.21. The summed E-state index contributed by atoms with van der Waals surface area (Å²) in [5.41, 5.74) is 0.853. The number of hydrogen-bond donors (Lipinski definition) is 0. The summed E-state index contributed by atoms with van der Waals surface area (Å²) in [5.74, 6) is 0.182. The number of nitrogens with zero attached hydrogens (tertiary/aromatic N) is 2. The number of fused-ring (bicyclic) bond motifs is 1. The molecule has 0 spiro atoms. The highest BCUT2D eigenvalue weighted by molar-refractivity contribution is 7.91. The van der Waals surface area contributed by atoms with Gasteiger partial charge in [0.05, 0.1) is 11.3 Å². The largest absolute Gasteiger partial charge is 0.267 e. The van der Waals surface area contributed by atoms with E-state index in [-0.39, 0.29) is 10.8 Å². The van der Waals surface area contributed by atoms with Crippen LogP contribution in [0.4, 0.5) is 0 Å². The average Bonchev–Trinajstić information content (AvgIpc) is 2.69. The van der Waals surface area contributed by atoms with Gasteiger partial charge in [-0.1, -0.05) is 31.9 Å². The molecule has 0 amide bonds. The van der Waals surface area contributed by atoms with Crippen molar-refractivity contribution in [3.63, 3.8) is 0 Å². The number of benzene rings is 1. The van der Waals surface area contributed by atoms with Crippen LogP contribution in [0.5, 0.6) is 0 Å². The number of sulfone groups is 1. The monoisotopic (exact) mass is 266 g/mol. The SMILES string of the molecule is CCCCCS(=O)(=O)c1nn(C)c2ccccc12. The third-order valence-corrected chi connectivity index (χ3v) is 4.75. The summed E-state index contributed by atoms with van der Waals surface area (Å²) in [6.07, 6.45) is 2.65. The lowest BCUT2D eigenvalue weighted by molar-refractivity contribution is 0.584. The van der Waals surface area contributed by atoms with Crippen molar-refractivity contribution >= 4 is 20.7 Å². The van der Waals surface area contributed by atoms with Crippen LogP contribution in [0.15, 0.2) is 29.3 Å². The smallest absolute Gasteiger partial charge is 0.198 e. The Kier molecular flexibility index (Phi) is 3.71. The second kappa shape index (κ2) is 5.10. The summed E-state index contributed by atoms with van der Waals surface area (Å²) in [7, 11) is -1.50. The summed E-state index contributed by atoms with van der Waals surface area (Å²) >= 11 is 0. The molecule has 0 saturated heterocycles. The maximum atomic E-state index is 12.3. The van der Waals surface area contributed by atoms with Gasteiger partial charge in [-0.05, 0) is 18.6 Å². The second-order valence-corrected chi connectivity index (χ2v) is 6.50. The molecule has 0 unspecified atom stereocenters. The van der Waals surface area contributed by atoms with Crippen molar-refractivity contribution in [2.75, 3.05) is 5.75 Å². The predicted octanol–water partition coefficient (Wildman–Crippen LogP) is 2.54. The normalized spacial score (nSPS) is 12.1. The van der Waals surface area contributed by atoms with Crippen molar-refractivity contribution in [2.24, 2.45) is 7.05 Å². The van der Waals surface area contributed by atoms with Gasteiger partial charge in [-0.25, -0.2) is 8.42 Å². The van der Waals surface area contributed by atoms with Crippen molar-refractivity contribution in [3.8, 4) is 0 Å². The first-order valence-electron chi connectivity index (χ1n) is 6.21. The molecule has 0 atom stereocenters. The Hall–Kier alpha value is -1.36.